The highest BCUT2D eigenvalue weighted by molar-refractivity contribution is 5.86. The predicted molar refractivity (Wildman–Crippen MR) is 162 cm³/mol. The van der Waals surface area contributed by atoms with Gasteiger partial charge >= 0.3 is 0 Å². The molecule has 0 radical (unpaired) electrons. The van der Waals surface area contributed by atoms with Crippen molar-refractivity contribution in [2.75, 3.05) is 18.6 Å². The summed E-state index contributed by atoms with van der Waals surface area (Å²) in [5, 5.41) is 5.03. The minimum atomic E-state index is 0.507. The number of nitrogens with zero attached hydrogens (tertiary/aromatic N) is 7. The summed E-state index contributed by atoms with van der Waals surface area (Å²) in [6, 6.07) is 24.3. The summed E-state index contributed by atoms with van der Waals surface area (Å²) in [4.78, 5) is 14.9. The fourth-order valence-electron chi connectivity index (χ4n) is 6.61. The Morgan fingerprint density at radius 2 is 1.73 bits per heavy atom. The van der Waals surface area contributed by atoms with E-state index < -0.39 is 0 Å². The second-order valence-electron chi connectivity index (χ2n) is 11.5. The van der Waals surface area contributed by atoms with Crippen molar-refractivity contribution in [2.24, 2.45) is 0 Å². The molecule has 2 aliphatic heterocycles. The molecule has 5 aromatic rings. The molecule has 8 nitrogen and oxygen atoms in total. The highest BCUT2D eigenvalue weighted by atomic mass is 16.5. The normalized spacial score (nSPS) is 19.1. The van der Waals surface area contributed by atoms with Crippen molar-refractivity contribution in [3.05, 3.63) is 89.9 Å². The van der Waals surface area contributed by atoms with Crippen LogP contribution in [-0.2, 0) is 26.2 Å². The van der Waals surface area contributed by atoms with Crippen LogP contribution in [0, 0.1) is 0 Å². The van der Waals surface area contributed by atoms with Crippen LogP contribution in [0.3, 0.4) is 0 Å². The van der Waals surface area contributed by atoms with Gasteiger partial charge in [-0.2, -0.15) is 5.10 Å². The number of para-hydroxylation sites is 1. The molecule has 1 fully saturated rings. The second kappa shape index (κ2) is 10.7. The number of aromatic nitrogens is 5. The third-order valence-corrected chi connectivity index (χ3v) is 8.67. The third-order valence-electron chi connectivity index (χ3n) is 8.67. The maximum atomic E-state index is 5.80. The van der Waals surface area contributed by atoms with Crippen LogP contribution < -0.4 is 9.64 Å². The Morgan fingerprint density at radius 3 is 2.49 bits per heavy atom. The largest absolute Gasteiger partial charge is 0.494 e. The van der Waals surface area contributed by atoms with Crippen LogP contribution in [0.2, 0.25) is 0 Å². The Morgan fingerprint density at radius 1 is 0.902 bits per heavy atom. The third kappa shape index (κ3) is 4.86. The number of hydrogen-bond acceptors (Lipinski definition) is 6. The molecule has 0 spiro atoms. The van der Waals surface area contributed by atoms with Crippen LogP contribution in [0.5, 0.6) is 5.75 Å². The minimum absolute atomic E-state index is 0.507. The Labute approximate surface area is 241 Å². The first-order valence-corrected chi connectivity index (χ1v) is 14.7. The van der Waals surface area contributed by atoms with E-state index in [1.165, 1.54) is 24.1 Å². The molecule has 0 amide bonds. The summed E-state index contributed by atoms with van der Waals surface area (Å²) in [6.07, 6.45) is 4.38. The molecule has 210 valence electrons. The molecular formula is C33H37N7O. The Kier molecular flexibility index (Phi) is 6.71. The van der Waals surface area contributed by atoms with Gasteiger partial charge < -0.3 is 14.2 Å². The average molecular weight is 548 g/mol. The lowest BCUT2D eigenvalue weighted by atomic mass is 10.2. The number of benzene rings is 2. The SMILES string of the molecule is COc1cccc2nc(-c3ccc(N4[C@@H](C)CC[C@@H]4C)nc3)n(Cc3cc4n(n3)CCN(Cc3ccccc3)C4)c12. The molecule has 0 aliphatic carbocycles. The van der Waals surface area contributed by atoms with Crippen molar-refractivity contribution in [1.29, 1.82) is 0 Å². The van der Waals surface area contributed by atoms with E-state index in [1.807, 2.05) is 24.4 Å². The maximum Gasteiger partial charge on any atom is 0.144 e. The van der Waals surface area contributed by atoms with E-state index in [-0.39, 0.29) is 0 Å². The van der Waals surface area contributed by atoms with Crippen molar-refractivity contribution in [3.63, 3.8) is 0 Å². The zero-order valence-corrected chi connectivity index (χ0v) is 24.1. The number of ether oxygens (including phenoxy) is 1. The average Bonchev–Trinajstić information content (AvgIpc) is 3.68. The van der Waals surface area contributed by atoms with Gasteiger partial charge in [0.25, 0.3) is 0 Å². The number of anilines is 1. The van der Waals surface area contributed by atoms with Gasteiger partial charge in [-0.15, -0.1) is 0 Å². The zero-order chi connectivity index (χ0) is 27.9. The molecule has 0 saturated carbocycles. The monoisotopic (exact) mass is 547 g/mol. The number of fused-ring (bicyclic) bond motifs is 2. The van der Waals surface area contributed by atoms with Crippen molar-refractivity contribution in [1.82, 2.24) is 29.2 Å². The van der Waals surface area contributed by atoms with E-state index in [9.17, 15) is 0 Å². The number of hydrogen-bond donors (Lipinski definition) is 0. The highest BCUT2D eigenvalue weighted by Crippen LogP contribution is 2.34. The standard InChI is InChI=1S/C33H37N7O/c1-23-12-13-24(2)40(23)31-15-14-26(19-34-31)33-35-29-10-7-11-30(41-3)32(29)38(33)21-27-18-28-22-37(16-17-39(28)36-27)20-25-8-5-4-6-9-25/h4-11,14-15,18-19,23-24H,12-13,16-17,20-22H2,1-3H3/t23-,24-/m0/s1. The van der Waals surface area contributed by atoms with Crippen LogP contribution in [0.1, 0.15) is 43.6 Å². The molecule has 5 heterocycles. The van der Waals surface area contributed by atoms with E-state index in [1.54, 1.807) is 7.11 Å². The lowest BCUT2D eigenvalue weighted by Crippen LogP contribution is -2.33. The highest BCUT2D eigenvalue weighted by Gasteiger charge is 2.28. The molecular weight excluding hydrogens is 510 g/mol. The summed E-state index contributed by atoms with van der Waals surface area (Å²) in [6.45, 7) is 8.90. The van der Waals surface area contributed by atoms with Gasteiger partial charge in [0.1, 0.15) is 22.9 Å². The van der Waals surface area contributed by atoms with Crippen LogP contribution in [0.25, 0.3) is 22.4 Å². The van der Waals surface area contributed by atoms with Crippen molar-refractivity contribution in [3.8, 4) is 17.1 Å². The fraction of sp³-hybridized carbons (Fsp3) is 0.364. The first kappa shape index (κ1) is 25.8. The fourth-order valence-corrected chi connectivity index (χ4v) is 6.61. The first-order valence-electron chi connectivity index (χ1n) is 14.7. The maximum absolute atomic E-state index is 5.80. The molecule has 1 saturated heterocycles. The Hall–Kier alpha value is -4.17. The summed E-state index contributed by atoms with van der Waals surface area (Å²) < 4.78 is 10.2. The lowest BCUT2D eigenvalue weighted by molar-refractivity contribution is 0.205. The van der Waals surface area contributed by atoms with Crippen LogP contribution >= 0.6 is 0 Å². The molecule has 2 aliphatic rings. The number of imidazole rings is 1. The van der Waals surface area contributed by atoms with Crippen LogP contribution in [-0.4, -0.2) is 55.0 Å². The molecule has 8 heteroatoms. The van der Waals surface area contributed by atoms with Gasteiger partial charge in [-0.1, -0.05) is 36.4 Å². The van der Waals surface area contributed by atoms with Gasteiger partial charge in [0.15, 0.2) is 0 Å². The number of methoxy groups -OCH3 is 1. The van der Waals surface area contributed by atoms with E-state index in [4.69, 9.17) is 19.8 Å². The van der Waals surface area contributed by atoms with Gasteiger partial charge in [0.2, 0.25) is 0 Å². The topological polar surface area (TPSA) is 64.2 Å². The van der Waals surface area contributed by atoms with Crippen LogP contribution in [0.15, 0.2) is 72.9 Å². The number of pyridine rings is 1. The molecule has 3 aromatic heterocycles. The Balaban J connectivity index is 1.20. The second-order valence-corrected chi connectivity index (χ2v) is 11.5. The number of rotatable bonds is 7. The molecule has 0 N–H and O–H groups in total. The van der Waals surface area contributed by atoms with Crippen molar-refractivity contribution < 1.29 is 4.74 Å². The summed E-state index contributed by atoms with van der Waals surface area (Å²) >= 11 is 0. The van der Waals surface area contributed by atoms with Gasteiger partial charge in [-0.25, -0.2) is 9.97 Å². The lowest BCUT2D eigenvalue weighted by Gasteiger charge is -2.27. The predicted octanol–water partition coefficient (Wildman–Crippen LogP) is 5.74. The molecule has 2 aromatic carbocycles. The van der Waals surface area contributed by atoms with Gasteiger partial charge in [-0.05, 0) is 62.6 Å². The summed E-state index contributed by atoms with van der Waals surface area (Å²) in [7, 11) is 1.72. The van der Waals surface area contributed by atoms with Gasteiger partial charge in [0, 0.05) is 43.5 Å². The van der Waals surface area contributed by atoms with Gasteiger partial charge in [-0.3, -0.25) is 9.58 Å². The van der Waals surface area contributed by atoms with E-state index in [2.05, 4.69) is 81.4 Å². The molecule has 7 rings (SSSR count). The molecule has 41 heavy (non-hydrogen) atoms. The first-order chi connectivity index (χ1) is 20.1. The van der Waals surface area contributed by atoms with Crippen molar-refractivity contribution in [2.45, 2.75) is 65.0 Å². The van der Waals surface area contributed by atoms with E-state index >= 15 is 0 Å². The van der Waals surface area contributed by atoms with E-state index in [0.29, 0.717) is 18.6 Å². The van der Waals surface area contributed by atoms with E-state index in [0.717, 1.165) is 65.9 Å². The molecule has 2 atom stereocenters. The smallest absolute Gasteiger partial charge is 0.144 e. The zero-order valence-electron chi connectivity index (χ0n) is 24.1. The molecule has 0 unspecified atom stereocenters. The minimum Gasteiger partial charge on any atom is -0.494 e. The summed E-state index contributed by atoms with van der Waals surface area (Å²) in [5.74, 6) is 2.72. The Bertz CT molecular complexity index is 1650. The quantitative estimate of drug-likeness (QED) is 0.259. The summed E-state index contributed by atoms with van der Waals surface area (Å²) in [5.41, 5.74) is 6.49. The molecule has 0 bridgehead atoms. The van der Waals surface area contributed by atoms with Gasteiger partial charge in [0.05, 0.1) is 37.1 Å². The van der Waals surface area contributed by atoms with Crippen LogP contribution in [0.4, 0.5) is 5.82 Å². The van der Waals surface area contributed by atoms with Crippen molar-refractivity contribution >= 4 is 16.9 Å².